The molecule has 0 heterocycles. The molecule has 0 aromatic heterocycles. The second-order valence-corrected chi connectivity index (χ2v) is 8.91. The number of sulfonamides is 1. The summed E-state index contributed by atoms with van der Waals surface area (Å²) in [7, 11) is -3.51. The van der Waals surface area contributed by atoms with Crippen LogP contribution in [0.25, 0.3) is 0 Å². The van der Waals surface area contributed by atoms with Gasteiger partial charge in [-0.2, -0.15) is 11.8 Å². The van der Waals surface area contributed by atoms with Gasteiger partial charge in [-0.15, -0.1) is 0 Å². The summed E-state index contributed by atoms with van der Waals surface area (Å²) in [6.07, 6.45) is 6.57. The molecule has 0 aliphatic heterocycles. The summed E-state index contributed by atoms with van der Waals surface area (Å²) >= 11 is 1.77. The summed E-state index contributed by atoms with van der Waals surface area (Å²) in [5, 5.41) is 0. The molecule has 0 amide bonds. The standard InChI is InChI=1S/C15H24N2O2S2/c1-11-8-13(16)12(2)14(9-11)21(18,19)17-10-15(20-3)6-4-5-7-15/h8-9,17H,4-7,10,16H2,1-3H3. The molecule has 21 heavy (non-hydrogen) atoms. The molecular formula is C15H24N2O2S2. The van der Waals surface area contributed by atoms with E-state index >= 15 is 0 Å². The summed E-state index contributed by atoms with van der Waals surface area (Å²) in [6.45, 7) is 4.10. The van der Waals surface area contributed by atoms with Gasteiger partial charge in [0.2, 0.25) is 10.0 Å². The van der Waals surface area contributed by atoms with E-state index in [0.29, 0.717) is 22.7 Å². The van der Waals surface area contributed by atoms with Crippen molar-refractivity contribution in [3.8, 4) is 0 Å². The van der Waals surface area contributed by atoms with Crippen molar-refractivity contribution in [1.29, 1.82) is 0 Å². The lowest BCUT2D eigenvalue weighted by molar-refractivity contribution is 0.551. The Morgan fingerprint density at radius 1 is 1.29 bits per heavy atom. The zero-order valence-electron chi connectivity index (χ0n) is 12.9. The molecule has 0 saturated heterocycles. The second kappa shape index (κ2) is 6.18. The van der Waals surface area contributed by atoms with Crippen LogP contribution in [0.5, 0.6) is 0 Å². The van der Waals surface area contributed by atoms with Crippen LogP contribution in [-0.4, -0.2) is 26.0 Å². The Hall–Kier alpha value is -0.720. The summed E-state index contributed by atoms with van der Waals surface area (Å²) in [4.78, 5) is 0.300. The number of hydrogen-bond acceptors (Lipinski definition) is 4. The van der Waals surface area contributed by atoms with Gasteiger partial charge in [-0.3, -0.25) is 0 Å². The quantitative estimate of drug-likeness (QED) is 0.815. The van der Waals surface area contributed by atoms with E-state index < -0.39 is 10.0 Å². The fraction of sp³-hybridized carbons (Fsp3) is 0.600. The number of benzene rings is 1. The highest BCUT2D eigenvalue weighted by Gasteiger charge is 2.34. The van der Waals surface area contributed by atoms with Gasteiger partial charge in [0.25, 0.3) is 0 Å². The lowest BCUT2D eigenvalue weighted by Gasteiger charge is -2.27. The first-order valence-corrected chi connectivity index (χ1v) is 9.92. The van der Waals surface area contributed by atoms with Crippen LogP contribution < -0.4 is 10.5 Å². The Bertz CT molecular complexity index is 621. The Morgan fingerprint density at radius 3 is 2.48 bits per heavy atom. The number of hydrogen-bond donors (Lipinski definition) is 2. The number of anilines is 1. The predicted octanol–water partition coefficient (Wildman–Crippen LogP) is 2.84. The van der Waals surface area contributed by atoms with E-state index in [0.717, 1.165) is 18.4 Å². The van der Waals surface area contributed by atoms with Gasteiger partial charge in [0.15, 0.2) is 0 Å². The Morgan fingerprint density at radius 2 is 1.90 bits per heavy atom. The van der Waals surface area contributed by atoms with Gasteiger partial charge in [0, 0.05) is 17.0 Å². The predicted molar refractivity (Wildman–Crippen MR) is 90.2 cm³/mol. The molecule has 1 saturated carbocycles. The second-order valence-electron chi connectivity index (χ2n) is 5.90. The third-order valence-electron chi connectivity index (χ3n) is 4.37. The minimum absolute atomic E-state index is 0.0519. The van der Waals surface area contributed by atoms with Gasteiger partial charge in [0.05, 0.1) is 4.90 Å². The monoisotopic (exact) mass is 328 g/mol. The molecule has 0 unspecified atom stereocenters. The SMILES string of the molecule is CSC1(CNS(=O)(=O)c2cc(C)cc(N)c2C)CCCC1. The highest BCUT2D eigenvalue weighted by atomic mass is 32.2. The molecule has 1 aliphatic carbocycles. The van der Waals surface area contributed by atoms with Gasteiger partial charge in [0.1, 0.15) is 0 Å². The number of nitrogens with two attached hydrogens (primary N) is 1. The molecule has 1 aliphatic rings. The zero-order valence-corrected chi connectivity index (χ0v) is 14.5. The molecule has 2 rings (SSSR count). The summed E-state index contributed by atoms with van der Waals surface area (Å²) in [6, 6.07) is 3.49. The minimum atomic E-state index is -3.51. The topological polar surface area (TPSA) is 72.2 Å². The molecule has 0 atom stereocenters. The third kappa shape index (κ3) is 3.55. The van der Waals surface area contributed by atoms with Crippen molar-refractivity contribution in [3.63, 3.8) is 0 Å². The van der Waals surface area contributed by atoms with Crippen LogP contribution in [0.1, 0.15) is 36.8 Å². The molecular weight excluding hydrogens is 304 g/mol. The van der Waals surface area contributed by atoms with E-state index in [9.17, 15) is 8.42 Å². The average molecular weight is 329 g/mol. The molecule has 1 fully saturated rings. The maximum absolute atomic E-state index is 12.6. The lowest BCUT2D eigenvalue weighted by atomic mass is 10.1. The number of nitrogens with one attached hydrogen (secondary N) is 1. The van der Waals surface area contributed by atoms with Crippen LogP contribution >= 0.6 is 11.8 Å². The van der Waals surface area contributed by atoms with Crippen LogP contribution in [-0.2, 0) is 10.0 Å². The third-order valence-corrected chi connectivity index (χ3v) is 7.31. The highest BCUT2D eigenvalue weighted by molar-refractivity contribution is 8.00. The first-order chi connectivity index (χ1) is 9.80. The maximum Gasteiger partial charge on any atom is 0.240 e. The highest BCUT2D eigenvalue weighted by Crippen LogP contribution is 2.39. The van der Waals surface area contributed by atoms with E-state index in [4.69, 9.17) is 5.73 Å². The smallest absolute Gasteiger partial charge is 0.240 e. The normalized spacial score (nSPS) is 18.0. The molecule has 0 bridgehead atoms. The minimum Gasteiger partial charge on any atom is -0.398 e. The Balaban J connectivity index is 2.23. The van der Waals surface area contributed by atoms with Gasteiger partial charge in [-0.25, -0.2) is 13.1 Å². The lowest BCUT2D eigenvalue weighted by Crippen LogP contribution is -2.38. The van der Waals surface area contributed by atoms with Crippen LogP contribution in [0, 0.1) is 13.8 Å². The fourth-order valence-corrected chi connectivity index (χ4v) is 5.40. The molecule has 4 nitrogen and oxygen atoms in total. The van der Waals surface area contributed by atoms with E-state index in [1.807, 2.05) is 6.92 Å². The van der Waals surface area contributed by atoms with Crippen molar-refractivity contribution < 1.29 is 8.42 Å². The van der Waals surface area contributed by atoms with Crippen molar-refractivity contribution in [2.24, 2.45) is 0 Å². The summed E-state index contributed by atoms with van der Waals surface area (Å²) in [5.74, 6) is 0. The van der Waals surface area contributed by atoms with E-state index in [1.165, 1.54) is 12.8 Å². The number of aryl methyl sites for hydroxylation is 1. The molecule has 3 N–H and O–H groups in total. The average Bonchev–Trinajstić information content (AvgIpc) is 2.90. The van der Waals surface area contributed by atoms with Crippen LogP contribution in [0.3, 0.4) is 0 Å². The Labute approximate surface area is 131 Å². The largest absolute Gasteiger partial charge is 0.398 e. The number of thioether (sulfide) groups is 1. The summed E-state index contributed by atoms with van der Waals surface area (Å²) < 4.78 is 28.0. The molecule has 1 aromatic carbocycles. The van der Waals surface area contributed by atoms with Crippen molar-refractivity contribution in [2.75, 3.05) is 18.5 Å². The number of rotatable bonds is 5. The molecule has 1 aromatic rings. The first kappa shape index (κ1) is 16.6. The van der Waals surface area contributed by atoms with E-state index in [-0.39, 0.29) is 4.75 Å². The van der Waals surface area contributed by atoms with Crippen LogP contribution in [0.2, 0.25) is 0 Å². The van der Waals surface area contributed by atoms with Crippen molar-refractivity contribution in [2.45, 2.75) is 49.2 Å². The van der Waals surface area contributed by atoms with Crippen molar-refractivity contribution >= 4 is 27.5 Å². The summed E-state index contributed by atoms with van der Waals surface area (Å²) in [5.41, 5.74) is 7.90. The number of nitrogen functional groups attached to an aromatic ring is 1. The van der Waals surface area contributed by atoms with Gasteiger partial charge in [-0.05, 0) is 56.2 Å². The van der Waals surface area contributed by atoms with Crippen LogP contribution in [0.4, 0.5) is 5.69 Å². The van der Waals surface area contributed by atoms with E-state index in [1.54, 1.807) is 30.8 Å². The van der Waals surface area contributed by atoms with Crippen molar-refractivity contribution in [3.05, 3.63) is 23.3 Å². The van der Waals surface area contributed by atoms with Crippen molar-refractivity contribution in [1.82, 2.24) is 4.72 Å². The molecule has 6 heteroatoms. The molecule has 118 valence electrons. The van der Waals surface area contributed by atoms with Crippen LogP contribution in [0.15, 0.2) is 17.0 Å². The van der Waals surface area contributed by atoms with Gasteiger partial charge in [-0.1, -0.05) is 12.8 Å². The molecule has 0 radical (unpaired) electrons. The fourth-order valence-electron chi connectivity index (χ4n) is 2.91. The van der Waals surface area contributed by atoms with E-state index in [2.05, 4.69) is 11.0 Å². The zero-order chi connectivity index (χ0) is 15.7. The molecule has 0 spiro atoms. The van der Waals surface area contributed by atoms with Gasteiger partial charge < -0.3 is 5.73 Å². The van der Waals surface area contributed by atoms with Gasteiger partial charge >= 0.3 is 0 Å². The Kier molecular flexibility index (Phi) is 4.90. The first-order valence-electron chi connectivity index (χ1n) is 7.21. The maximum atomic E-state index is 12.6.